The molecule has 0 aliphatic carbocycles. The number of rotatable bonds is 5. The van der Waals surface area contributed by atoms with Gasteiger partial charge in [-0.3, -0.25) is 4.40 Å². The number of benzene rings is 1. The molecule has 0 atom stereocenters. The average Bonchev–Trinajstić information content (AvgIpc) is 3.03. The van der Waals surface area contributed by atoms with E-state index in [4.69, 9.17) is 9.47 Å². The number of imidazole rings is 1. The molecule has 3 rings (SSSR count). The summed E-state index contributed by atoms with van der Waals surface area (Å²) in [4.78, 5) is 9.03. The average molecular weight is 298 g/mol. The third kappa shape index (κ3) is 2.43. The molecule has 0 unspecified atom stereocenters. The Morgan fingerprint density at radius 3 is 2.68 bits per heavy atom. The fourth-order valence-corrected chi connectivity index (χ4v) is 2.35. The third-order valence-corrected chi connectivity index (χ3v) is 3.40. The standard InChI is InChI=1S/C16H18N4O2/c1-4-17-16-19-12(10-15-18-7-8-20(15)16)11-5-6-13(21-2)14(9-11)22-3/h5-10H,4H2,1-3H3,(H,17,19). The van der Waals surface area contributed by atoms with Gasteiger partial charge in [0.05, 0.1) is 19.9 Å². The minimum absolute atomic E-state index is 0.676. The second kappa shape index (κ2) is 5.93. The smallest absolute Gasteiger partial charge is 0.209 e. The number of fused-ring (bicyclic) bond motifs is 1. The first-order valence-corrected chi connectivity index (χ1v) is 7.07. The Kier molecular flexibility index (Phi) is 3.82. The Labute approximate surface area is 128 Å². The van der Waals surface area contributed by atoms with Gasteiger partial charge in [-0.05, 0) is 25.1 Å². The summed E-state index contributed by atoms with van der Waals surface area (Å²) in [6.45, 7) is 2.82. The van der Waals surface area contributed by atoms with Crippen molar-refractivity contribution in [2.45, 2.75) is 6.92 Å². The summed E-state index contributed by atoms with van der Waals surface area (Å²) in [5.41, 5.74) is 2.62. The van der Waals surface area contributed by atoms with Gasteiger partial charge >= 0.3 is 0 Å². The van der Waals surface area contributed by atoms with Crippen molar-refractivity contribution in [3.8, 4) is 22.8 Å². The van der Waals surface area contributed by atoms with E-state index in [1.54, 1.807) is 20.4 Å². The zero-order valence-corrected chi connectivity index (χ0v) is 12.8. The van der Waals surface area contributed by atoms with E-state index >= 15 is 0 Å². The Bertz CT molecular complexity index is 798. The topological polar surface area (TPSA) is 60.7 Å². The van der Waals surface area contributed by atoms with Gasteiger partial charge in [-0.1, -0.05) is 0 Å². The van der Waals surface area contributed by atoms with Crippen LogP contribution in [0.25, 0.3) is 16.9 Å². The van der Waals surface area contributed by atoms with Crippen LogP contribution in [0.1, 0.15) is 6.92 Å². The van der Waals surface area contributed by atoms with E-state index in [2.05, 4.69) is 15.3 Å². The molecule has 0 bridgehead atoms. The first-order valence-electron chi connectivity index (χ1n) is 7.07. The van der Waals surface area contributed by atoms with Gasteiger partial charge in [0.15, 0.2) is 11.5 Å². The summed E-state index contributed by atoms with van der Waals surface area (Å²) < 4.78 is 12.6. The van der Waals surface area contributed by atoms with Crippen molar-refractivity contribution in [2.75, 3.05) is 26.1 Å². The van der Waals surface area contributed by atoms with E-state index in [9.17, 15) is 0 Å². The molecule has 1 aromatic carbocycles. The van der Waals surface area contributed by atoms with Gasteiger partial charge in [0.1, 0.15) is 5.65 Å². The van der Waals surface area contributed by atoms with Crippen LogP contribution in [0.2, 0.25) is 0 Å². The Morgan fingerprint density at radius 1 is 1.14 bits per heavy atom. The number of ether oxygens (including phenoxy) is 2. The lowest BCUT2D eigenvalue weighted by atomic mass is 10.1. The van der Waals surface area contributed by atoms with E-state index in [0.717, 1.165) is 29.4 Å². The van der Waals surface area contributed by atoms with Crippen molar-refractivity contribution in [2.24, 2.45) is 0 Å². The molecule has 0 radical (unpaired) electrons. The number of hydrogen-bond acceptors (Lipinski definition) is 5. The lowest BCUT2D eigenvalue weighted by Gasteiger charge is -2.11. The van der Waals surface area contributed by atoms with E-state index in [-0.39, 0.29) is 0 Å². The highest BCUT2D eigenvalue weighted by molar-refractivity contribution is 5.68. The van der Waals surface area contributed by atoms with Crippen LogP contribution in [0, 0.1) is 0 Å². The van der Waals surface area contributed by atoms with Gasteiger partial charge in [-0.2, -0.15) is 0 Å². The van der Waals surface area contributed by atoms with Crippen molar-refractivity contribution in [1.29, 1.82) is 0 Å². The van der Waals surface area contributed by atoms with Crippen LogP contribution in [0.4, 0.5) is 5.95 Å². The monoisotopic (exact) mass is 298 g/mol. The van der Waals surface area contributed by atoms with E-state index < -0.39 is 0 Å². The Balaban J connectivity index is 2.13. The molecule has 0 spiro atoms. The predicted octanol–water partition coefficient (Wildman–Crippen LogP) is 2.85. The van der Waals surface area contributed by atoms with Crippen LogP contribution < -0.4 is 14.8 Å². The van der Waals surface area contributed by atoms with Gasteiger partial charge in [-0.15, -0.1) is 0 Å². The molecule has 6 heteroatoms. The first kappa shape index (κ1) is 14.2. The fourth-order valence-electron chi connectivity index (χ4n) is 2.35. The predicted molar refractivity (Wildman–Crippen MR) is 85.7 cm³/mol. The normalized spacial score (nSPS) is 10.7. The van der Waals surface area contributed by atoms with E-state index in [1.807, 2.05) is 41.8 Å². The van der Waals surface area contributed by atoms with Crippen LogP contribution in [-0.2, 0) is 0 Å². The molecule has 0 aliphatic rings. The number of anilines is 1. The van der Waals surface area contributed by atoms with Crippen LogP contribution >= 0.6 is 0 Å². The van der Waals surface area contributed by atoms with Crippen molar-refractivity contribution >= 4 is 11.6 Å². The maximum atomic E-state index is 5.36. The maximum Gasteiger partial charge on any atom is 0.209 e. The molecule has 6 nitrogen and oxygen atoms in total. The minimum Gasteiger partial charge on any atom is -0.493 e. The second-order valence-corrected chi connectivity index (χ2v) is 4.72. The quantitative estimate of drug-likeness (QED) is 0.785. The number of nitrogens with one attached hydrogen (secondary N) is 1. The van der Waals surface area contributed by atoms with Crippen LogP contribution in [-0.4, -0.2) is 35.1 Å². The summed E-state index contributed by atoms with van der Waals surface area (Å²) in [6, 6.07) is 7.69. The SMILES string of the molecule is CCNc1nc(-c2ccc(OC)c(OC)c2)cc2nccn12. The van der Waals surface area contributed by atoms with Gasteiger partial charge < -0.3 is 14.8 Å². The minimum atomic E-state index is 0.676. The number of methoxy groups -OCH3 is 2. The zero-order valence-electron chi connectivity index (χ0n) is 12.8. The highest BCUT2D eigenvalue weighted by atomic mass is 16.5. The number of hydrogen-bond donors (Lipinski definition) is 1. The Hall–Kier alpha value is -2.76. The lowest BCUT2D eigenvalue weighted by Crippen LogP contribution is -2.06. The summed E-state index contributed by atoms with van der Waals surface area (Å²) in [5, 5.41) is 3.25. The van der Waals surface area contributed by atoms with Crippen molar-refractivity contribution in [3.63, 3.8) is 0 Å². The van der Waals surface area contributed by atoms with Gasteiger partial charge in [0, 0.05) is 30.6 Å². The largest absolute Gasteiger partial charge is 0.493 e. The summed E-state index contributed by atoms with van der Waals surface area (Å²) in [6.07, 6.45) is 3.65. The molecule has 2 heterocycles. The zero-order chi connectivity index (χ0) is 15.5. The summed E-state index contributed by atoms with van der Waals surface area (Å²) in [7, 11) is 3.24. The molecular weight excluding hydrogens is 280 g/mol. The highest BCUT2D eigenvalue weighted by Crippen LogP contribution is 2.32. The van der Waals surface area contributed by atoms with Crippen LogP contribution in [0.5, 0.6) is 11.5 Å². The summed E-state index contributed by atoms with van der Waals surface area (Å²) in [5.74, 6) is 2.14. The Morgan fingerprint density at radius 2 is 1.95 bits per heavy atom. The number of aromatic nitrogens is 3. The molecule has 3 aromatic rings. The molecule has 0 saturated heterocycles. The molecule has 1 N–H and O–H groups in total. The van der Waals surface area contributed by atoms with Crippen LogP contribution in [0.3, 0.4) is 0 Å². The molecule has 0 aliphatic heterocycles. The lowest BCUT2D eigenvalue weighted by molar-refractivity contribution is 0.355. The number of nitrogens with zero attached hydrogens (tertiary/aromatic N) is 3. The van der Waals surface area contributed by atoms with Gasteiger partial charge in [0.2, 0.25) is 5.95 Å². The fraction of sp³-hybridized carbons (Fsp3) is 0.250. The molecule has 0 amide bonds. The molecule has 0 saturated carbocycles. The molecule has 114 valence electrons. The van der Waals surface area contributed by atoms with Crippen molar-refractivity contribution in [1.82, 2.24) is 14.4 Å². The van der Waals surface area contributed by atoms with Gasteiger partial charge in [-0.25, -0.2) is 9.97 Å². The first-order chi connectivity index (χ1) is 10.8. The van der Waals surface area contributed by atoms with Crippen LogP contribution in [0.15, 0.2) is 36.7 Å². The van der Waals surface area contributed by atoms with Gasteiger partial charge in [0.25, 0.3) is 0 Å². The van der Waals surface area contributed by atoms with Crippen molar-refractivity contribution < 1.29 is 9.47 Å². The maximum absolute atomic E-state index is 5.36. The molecular formula is C16H18N4O2. The molecule has 2 aromatic heterocycles. The third-order valence-electron chi connectivity index (χ3n) is 3.40. The highest BCUT2D eigenvalue weighted by Gasteiger charge is 2.11. The summed E-state index contributed by atoms with van der Waals surface area (Å²) >= 11 is 0. The molecule has 22 heavy (non-hydrogen) atoms. The second-order valence-electron chi connectivity index (χ2n) is 4.72. The molecule has 0 fully saturated rings. The van der Waals surface area contributed by atoms with E-state index in [1.165, 1.54) is 0 Å². The van der Waals surface area contributed by atoms with E-state index in [0.29, 0.717) is 11.5 Å². The van der Waals surface area contributed by atoms with Crippen molar-refractivity contribution in [3.05, 3.63) is 36.7 Å².